The number of para-hydroxylation sites is 1. The molecule has 0 saturated carbocycles. The fourth-order valence-corrected chi connectivity index (χ4v) is 6.38. The van der Waals surface area contributed by atoms with Crippen molar-refractivity contribution in [2.75, 3.05) is 75.2 Å². The van der Waals surface area contributed by atoms with E-state index in [2.05, 4.69) is 66.6 Å². The van der Waals surface area contributed by atoms with Crippen molar-refractivity contribution in [3.63, 3.8) is 0 Å². The molecule has 1 amide bonds. The van der Waals surface area contributed by atoms with Crippen molar-refractivity contribution in [1.82, 2.24) is 25.3 Å². The van der Waals surface area contributed by atoms with E-state index in [-0.39, 0.29) is 5.91 Å². The Kier molecular flexibility index (Phi) is 8.59. The van der Waals surface area contributed by atoms with E-state index in [1.807, 2.05) is 29.3 Å². The summed E-state index contributed by atoms with van der Waals surface area (Å²) < 4.78 is 5.77. The molecule has 40 heavy (non-hydrogen) atoms. The molecular formula is C31H41N7O2. The van der Waals surface area contributed by atoms with Crippen LogP contribution >= 0.6 is 0 Å². The van der Waals surface area contributed by atoms with Crippen LogP contribution in [-0.4, -0.2) is 91.3 Å². The number of rotatable bonds is 8. The number of nitrogens with zero attached hydrogens (tertiary/aromatic N) is 6. The number of pyridine rings is 1. The van der Waals surface area contributed by atoms with E-state index in [0.29, 0.717) is 18.3 Å². The Bertz CT molecular complexity index is 1200. The molecule has 0 aliphatic carbocycles. The molecular weight excluding hydrogens is 502 g/mol. The van der Waals surface area contributed by atoms with Crippen LogP contribution in [0.25, 0.3) is 0 Å². The number of nitrogens with one attached hydrogen (secondary N) is 1. The zero-order chi connectivity index (χ0) is 27.1. The fourth-order valence-electron chi connectivity index (χ4n) is 6.38. The largest absolute Gasteiger partial charge is 0.369 e. The minimum Gasteiger partial charge on any atom is -0.369 e. The first kappa shape index (κ1) is 26.8. The molecule has 1 aromatic carbocycles. The molecule has 0 radical (unpaired) electrons. The smallest absolute Gasteiger partial charge is 0.222 e. The van der Waals surface area contributed by atoms with Crippen LogP contribution in [0.3, 0.4) is 0 Å². The number of carbonyl (C=O) groups is 1. The predicted molar refractivity (Wildman–Crippen MR) is 156 cm³/mol. The minimum absolute atomic E-state index is 0.285. The van der Waals surface area contributed by atoms with E-state index in [9.17, 15) is 4.79 Å². The van der Waals surface area contributed by atoms with E-state index in [4.69, 9.17) is 4.52 Å². The van der Waals surface area contributed by atoms with Gasteiger partial charge in [0.15, 0.2) is 5.76 Å². The van der Waals surface area contributed by atoms with Gasteiger partial charge in [-0.1, -0.05) is 29.4 Å². The fraction of sp³-hybridized carbons (Fsp3) is 0.516. The monoisotopic (exact) mass is 543 g/mol. The number of carbonyl (C=O) groups excluding carboxylic acids is 1. The molecule has 6 rings (SSSR count). The van der Waals surface area contributed by atoms with E-state index >= 15 is 0 Å². The first-order valence-corrected chi connectivity index (χ1v) is 14.8. The molecule has 5 heterocycles. The third kappa shape index (κ3) is 6.64. The van der Waals surface area contributed by atoms with E-state index in [1.165, 1.54) is 5.69 Å². The number of hydrogen-bond acceptors (Lipinski definition) is 8. The molecule has 0 bridgehead atoms. The molecule has 9 nitrogen and oxygen atoms in total. The molecule has 3 fully saturated rings. The summed E-state index contributed by atoms with van der Waals surface area (Å²) in [5.41, 5.74) is 2.30. The molecule has 3 aliphatic rings. The average Bonchev–Trinajstić information content (AvgIpc) is 3.46. The average molecular weight is 544 g/mol. The Morgan fingerprint density at radius 2 is 1.68 bits per heavy atom. The van der Waals surface area contributed by atoms with Crippen LogP contribution in [0.4, 0.5) is 11.5 Å². The molecule has 2 aromatic heterocycles. The van der Waals surface area contributed by atoms with Gasteiger partial charge in [0.1, 0.15) is 5.82 Å². The maximum Gasteiger partial charge on any atom is 0.222 e. The summed E-state index contributed by atoms with van der Waals surface area (Å²) in [6.07, 6.45) is 4.33. The third-order valence-electron chi connectivity index (χ3n) is 8.76. The lowest BCUT2D eigenvalue weighted by molar-refractivity contribution is -0.133. The van der Waals surface area contributed by atoms with Crippen LogP contribution in [0, 0.1) is 11.8 Å². The van der Waals surface area contributed by atoms with Crippen LogP contribution in [0.15, 0.2) is 65.3 Å². The summed E-state index contributed by atoms with van der Waals surface area (Å²) in [6.45, 7) is 9.95. The van der Waals surface area contributed by atoms with Gasteiger partial charge in [-0.15, -0.1) is 0 Å². The van der Waals surface area contributed by atoms with Crippen molar-refractivity contribution in [1.29, 1.82) is 0 Å². The Morgan fingerprint density at radius 3 is 2.45 bits per heavy atom. The van der Waals surface area contributed by atoms with Gasteiger partial charge in [-0.05, 0) is 62.0 Å². The van der Waals surface area contributed by atoms with Gasteiger partial charge >= 0.3 is 0 Å². The number of anilines is 2. The molecule has 0 spiro atoms. The SMILES string of the molecule is O=C(C[C@@H]1CCNC[C@@H]1Cc1cc(CN2CCN(c3ccccc3)CC2)on1)N1CCN(c2ccccn2)CC1. The standard InChI is InChI=1S/C31H41N7O2/c39-31(38-18-16-37(17-19-38)30-8-4-5-10-33-30)21-25-9-11-32-23-26(25)20-27-22-29(40-34-27)24-35-12-14-36(15-13-35)28-6-2-1-3-7-28/h1-8,10,22,25-26,32H,9,11-21,23-24H2/t25-,26-/m0/s1. The Balaban J connectivity index is 0.973. The topological polar surface area (TPSA) is 81.0 Å². The van der Waals surface area contributed by atoms with Gasteiger partial charge in [0.05, 0.1) is 12.2 Å². The number of aromatic nitrogens is 2. The van der Waals surface area contributed by atoms with Crippen molar-refractivity contribution in [2.45, 2.75) is 25.8 Å². The molecule has 3 saturated heterocycles. The summed E-state index contributed by atoms with van der Waals surface area (Å²) in [6, 6.07) is 18.8. The van der Waals surface area contributed by atoms with Gasteiger partial charge in [0.25, 0.3) is 0 Å². The highest BCUT2D eigenvalue weighted by Gasteiger charge is 2.31. The van der Waals surface area contributed by atoms with Gasteiger partial charge in [-0.2, -0.15) is 0 Å². The van der Waals surface area contributed by atoms with Crippen LogP contribution < -0.4 is 15.1 Å². The molecule has 2 atom stereocenters. The first-order chi connectivity index (χ1) is 19.7. The van der Waals surface area contributed by atoms with Gasteiger partial charge in [-0.3, -0.25) is 9.69 Å². The lowest BCUT2D eigenvalue weighted by Crippen LogP contribution is -2.50. The normalized spacial score (nSPS) is 22.4. The lowest BCUT2D eigenvalue weighted by Gasteiger charge is -2.37. The third-order valence-corrected chi connectivity index (χ3v) is 8.76. The maximum atomic E-state index is 13.3. The molecule has 3 aliphatic heterocycles. The first-order valence-electron chi connectivity index (χ1n) is 14.8. The zero-order valence-corrected chi connectivity index (χ0v) is 23.3. The second-order valence-corrected chi connectivity index (χ2v) is 11.4. The maximum absolute atomic E-state index is 13.3. The van der Waals surface area contributed by atoms with Crippen molar-refractivity contribution >= 4 is 17.4 Å². The summed E-state index contributed by atoms with van der Waals surface area (Å²) >= 11 is 0. The second-order valence-electron chi connectivity index (χ2n) is 11.4. The predicted octanol–water partition coefficient (Wildman–Crippen LogP) is 2.90. The van der Waals surface area contributed by atoms with Crippen molar-refractivity contribution in [3.05, 3.63) is 72.2 Å². The Labute approximate surface area is 237 Å². The quantitative estimate of drug-likeness (QED) is 0.465. The van der Waals surface area contributed by atoms with Gasteiger partial charge in [0.2, 0.25) is 5.91 Å². The van der Waals surface area contributed by atoms with Crippen molar-refractivity contribution < 1.29 is 9.32 Å². The highest BCUT2D eigenvalue weighted by atomic mass is 16.5. The molecule has 212 valence electrons. The number of benzene rings is 1. The van der Waals surface area contributed by atoms with E-state index < -0.39 is 0 Å². The number of amides is 1. The van der Waals surface area contributed by atoms with Crippen molar-refractivity contribution in [3.8, 4) is 0 Å². The second kappa shape index (κ2) is 12.8. The number of hydrogen-bond donors (Lipinski definition) is 1. The number of piperazine rings is 2. The van der Waals surface area contributed by atoms with Crippen molar-refractivity contribution in [2.24, 2.45) is 11.8 Å². The zero-order valence-electron chi connectivity index (χ0n) is 23.3. The molecule has 9 heteroatoms. The molecule has 0 unspecified atom stereocenters. The highest BCUT2D eigenvalue weighted by molar-refractivity contribution is 5.76. The van der Waals surface area contributed by atoms with Crippen LogP contribution in [0.1, 0.15) is 24.3 Å². The summed E-state index contributed by atoms with van der Waals surface area (Å²) in [4.78, 5) is 26.9. The Morgan fingerprint density at radius 1 is 0.900 bits per heavy atom. The summed E-state index contributed by atoms with van der Waals surface area (Å²) in [5, 5.41) is 7.97. The molecule has 3 aromatic rings. The van der Waals surface area contributed by atoms with Crippen LogP contribution in [0.5, 0.6) is 0 Å². The summed E-state index contributed by atoms with van der Waals surface area (Å²) in [7, 11) is 0. The molecule has 1 N–H and O–H groups in total. The Hall–Kier alpha value is -3.43. The van der Waals surface area contributed by atoms with Crippen LogP contribution in [0.2, 0.25) is 0 Å². The minimum atomic E-state index is 0.285. The highest BCUT2D eigenvalue weighted by Crippen LogP contribution is 2.28. The lowest BCUT2D eigenvalue weighted by atomic mass is 9.81. The van der Waals surface area contributed by atoms with E-state index in [1.54, 1.807) is 0 Å². The van der Waals surface area contributed by atoms with Crippen LogP contribution in [-0.2, 0) is 17.8 Å². The van der Waals surface area contributed by atoms with Gasteiger partial charge in [0, 0.05) is 76.7 Å². The summed E-state index contributed by atoms with van der Waals surface area (Å²) in [5.74, 6) is 2.97. The van der Waals surface area contributed by atoms with Gasteiger partial charge in [-0.25, -0.2) is 4.98 Å². The number of piperidine rings is 1. The van der Waals surface area contributed by atoms with Gasteiger partial charge < -0.3 is 24.5 Å². The van der Waals surface area contributed by atoms with E-state index in [0.717, 1.165) is 102 Å².